The van der Waals surface area contributed by atoms with E-state index in [1.165, 1.54) is 0 Å². The number of hydrogen-bond donors (Lipinski definition) is 1. The van der Waals surface area contributed by atoms with Crippen molar-refractivity contribution >= 4 is 17.7 Å². The number of amides is 1. The van der Waals surface area contributed by atoms with Gasteiger partial charge in [-0.3, -0.25) is 4.79 Å². The zero-order valence-corrected chi connectivity index (χ0v) is 11.6. The van der Waals surface area contributed by atoms with Gasteiger partial charge in [0.15, 0.2) is 0 Å². The number of carbonyl (C=O) groups is 1. The van der Waals surface area contributed by atoms with Gasteiger partial charge in [0, 0.05) is 25.0 Å². The molecule has 0 spiro atoms. The van der Waals surface area contributed by atoms with E-state index in [0.29, 0.717) is 0 Å². The molecule has 2 atom stereocenters. The Morgan fingerprint density at radius 3 is 2.53 bits per heavy atom. The van der Waals surface area contributed by atoms with Crippen molar-refractivity contribution in [3.05, 3.63) is 29.8 Å². The molecule has 4 heteroatoms. The molecule has 17 heavy (non-hydrogen) atoms. The van der Waals surface area contributed by atoms with Crippen molar-refractivity contribution in [2.75, 3.05) is 14.1 Å². The van der Waals surface area contributed by atoms with Crippen molar-refractivity contribution in [1.29, 1.82) is 0 Å². The maximum atomic E-state index is 11.7. The smallest absolute Gasteiger partial charge is 0.235 e. The van der Waals surface area contributed by atoms with Gasteiger partial charge in [0.25, 0.3) is 0 Å². The van der Waals surface area contributed by atoms with E-state index in [0.717, 1.165) is 10.5 Å². The summed E-state index contributed by atoms with van der Waals surface area (Å²) in [6.45, 7) is 3.88. The molecule has 0 saturated heterocycles. The predicted octanol–water partition coefficient (Wildman–Crippen LogP) is 2.28. The molecule has 0 fully saturated rings. The fourth-order valence-corrected chi connectivity index (χ4v) is 2.57. The molecule has 0 aliphatic heterocycles. The first-order valence-electron chi connectivity index (χ1n) is 5.65. The van der Waals surface area contributed by atoms with Crippen LogP contribution in [-0.2, 0) is 4.79 Å². The lowest BCUT2D eigenvalue weighted by atomic mass is 10.1. The molecule has 1 aromatic carbocycles. The molecule has 3 nitrogen and oxygen atoms in total. The number of carbonyl (C=O) groups excluding carboxylic acids is 1. The lowest BCUT2D eigenvalue weighted by Crippen LogP contribution is -2.29. The average molecular weight is 252 g/mol. The Balaban J connectivity index is 2.75. The van der Waals surface area contributed by atoms with Gasteiger partial charge in [-0.1, -0.05) is 12.1 Å². The van der Waals surface area contributed by atoms with Crippen LogP contribution >= 0.6 is 11.8 Å². The molecule has 0 aliphatic carbocycles. The van der Waals surface area contributed by atoms with Crippen LogP contribution in [0.3, 0.4) is 0 Å². The molecule has 2 unspecified atom stereocenters. The highest BCUT2D eigenvalue weighted by Crippen LogP contribution is 2.26. The van der Waals surface area contributed by atoms with Crippen LogP contribution in [0.1, 0.15) is 25.5 Å². The third kappa shape index (κ3) is 4.06. The van der Waals surface area contributed by atoms with Crippen LogP contribution in [0, 0.1) is 0 Å². The molecule has 0 aromatic heterocycles. The highest BCUT2D eigenvalue weighted by molar-refractivity contribution is 8.00. The molecule has 0 bridgehead atoms. The lowest BCUT2D eigenvalue weighted by Gasteiger charge is -2.17. The van der Waals surface area contributed by atoms with Gasteiger partial charge in [-0.25, -0.2) is 0 Å². The summed E-state index contributed by atoms with van der Waals surface area (Å²) in [4.78, 5) is 14.5. The molecule has 0 aliphatic rings. The molecule has 0 saturated carbocycles. The Morgan fingerprint density at radius 2 is 2.00 bits per heavy atom. The first kappa shape index (κ1) is 14.1. The van der Waals surface area contributed by atoms with E-state index in [-0.39, 0.29) is 17.2 Å². The third-order valence-corrected chi connectivity index (χ3v) is 3.57. The number of hydrogen-bond acceptors (Lipinski definition) is 3. The summed E-state index contributed by atoms with van der Waals surface area (Å²) in [7, 11) is 3.55. The number of rotatable bonds is 4. The van der Waals surface area contributed by atoms with Gasteiger partial charge < -0.3 is 10.6 Å². The van der Waals surface area contributed by atoms with Crippen LogP contribution < -0.4 is 5.73 Å². The van der Waals surface area contributed by atoms with E-state index in [2.05, 4.69) is 6.07 Å². The Hall–Kier alpha value is -1.00. The van der Waals surface area contributed by atoms with Crippen LogP contribution in [0.5, 0.6) is 0 Å². The molecular formula is C13H20N2OS. The first-order valence-corrected chi connectivity index (χ1v) is 6.53. The molecule has 0 radical (unpaired) electrons. The maximum absolute atomic E-state index is 11.7. The van der Waals surface area contributed by atoms with Crippen LogP contribution in [-0.4, -0.2) is 30.2 Å². The van der Waals surface area contributed by atoms with Crippen LogP contribution in [0.15, 0.2) is 29.2 Å². The van der Waals surface area contributed by atoms with E-state index in [4.69, 9.17) is 5.73 Å². The second-order valence-electron chi connectivity index (χ2n) is 4.35. The van der Waals surface area contributed by atoms with Crippen molar-refractivity contribution < 1.29 is 4.79 Å². The largest absolute Gasteiger partial charge is 0.348 e. The molecule has 0 heterocycles. The summed E-state index contributed by atoms with van der Waals surface area (Å²) in [6, 6.07) is 8.07. The Morgan fingerprint density at radius 1 is 1.35 bits per heavy atom. The van der Waals surface area contributed by atoms with Crippen LogP contribution in [0.4, 0.5) is 0 Å². The molecule has 1 amide bonds. The van der Waals surface area contributed by atoms with E-state index in [1.54, 1.807) is 30.8 Å². The predicted molar refractivity (Wildman–Crippen MR) is 73.1 cm³/mol. The minimum absolute atomic E-state index is 0.0235. The fraction of sp³-hybridized carbons (Fsp3) is 0.462. The Kier molecular flexibility index (Phi) is 5.02. The zero-order chi connectivity index (χ0) is 13.0. The highest BCUT2D eigenvalue weighted by Gasteiger charge is 2.16. The lowest BCUT2D eigenvalue weighted by molar-refractivity contribution is -0.127. The van der Waals surface area contributed by atoms with Gasteiger partial charge in [-0.05, 0) is 31.5 Å². The summed E-state index contributed by atoms with van der Waals surface area (Å²) < 4.78 is 0. The van der Waals surface area contributed by atoms with E-state index < -0.39 is 0 Å². The van der Waals surface area contributed by atoms with Gasteiger partial charge in [0.2, 0.25) is 5.91 Å². The van der Waals surface area contributed by atoms with Crippen molar-refractivity contribution in [3.8, 4) is 0 Å². The van der Waals surface area contributed by atoms with E-state index >= 15 is 0 Å². The minimum Gasteiger partial charge on any atom is -0.348 e. The Bertz CT molecular complexity index is 391. The molecule has 1 rings (SSSR count). The molecule has 2 N–H and O–H groups in total. The maximum Gasteiger partial charge on any atom is 0.235 e. The molecular weight excluding hydrogens is 232 g/mol. The number of nitrogens with two attached hydrogens (primary N) is 1. The summed E-state index contributed by atoms with van der Waals surface area (Å²) in [5, 5.41) is -0.0756. The summed E-state index contributed by atoms with van der Waals surface area (Å²) in [6.07, 6.45) is 0. The van der Waals surface area contributed by atoms with Gasteiger partial charge in [0.05, 0.1) is 5.25 Å². The van der Waals surface area contributed by atoms with Gasteiger partial charge in [-0.15, -0.1) is 11.8 Å². The van der Waals surface area contributed by atoms with E-state index in [1.807, 2.05) is 32.0 Å². The van der Waals surface area contributed by atoms with Crippen molar-refractivity contribution in [2.24, 2.45) is 5.73 Å². The fourth-order valence-electron chi connectivity index (χ4n) is 1.49. The standard InChI is InChI=1S/C13H20N2OS/c1-9(14)11-6-5-7-12(8-11)17-10(2)13(16)15(3)4/h5-10H,14H2,1-4H3. The van der Waals surface area contributed by atoms with Gasteiger partial charge in [0.1, 0.15) is 0 Å². The summed E-state index contributed by atoms with van der Waals surface area (Å²) in [5.74, 6) is 0.126. The normalized spacial score (nSPS) is 14.2. The monoisotopic (exact) mass is 252 g/mol. The highest BCUT2D eigenvalue weighted by atomic mass is 32.2. The van der Waals surface area contributed by atoms with Crippen LogP contribution in [0.2, 0.25) is 0 Å². The topological polar surface area (TPSA) is 46.3 Å². The first-order chi connectivity index (χ1) is 7.91. The van der Waals surface area contributed by atoms with Crippen molar-refractivity contribution in [1.82, 2.24) is 4.90 Å². The van der Waals surface area contributed by atoms with Crippen molar-refractivity contribution in [3.63, 3.8) is 0 Å². The number of thioether (sulfide) groups is 1. The molecule has 94 valence electrons. The average Bonchev–Trinajstić information content (AvgIpc) is 2.28. The van der Waals surface area contributed by atoms with Gasteiger partial charge >= 0.3 is 0 Å². The third-order valence-electron chi connectivity index (χ3n) is 2.49. The minimum atomic E-state index is -0.0756. The number of nitrogens with zero attached hydrogens (tertiary/aromatic N) is 1. The second-order valence-corrected chi connectivity index (χ2v) is 5.77. The van der Waals surface area contributed by atoms with Crippen molar-refractivity contribution in [2.45, 2.75) is 30.0 Å². The van der Waals surface area contributed by atoms with Crippen LogP contribution in [0.25, 0.3) is 0 Å². The molecule has 1 aromatic rings. The quantitative estimate of drug-likeness (QED) is 0.836. The van der Waals surface area contributed by atoms with E-state index in [9.17, 15) is 4.79 Å². The Labute approximate surface area is 107 Å². The number of benzene rings is 1. The SMILES string of the molecule is CC(Sc1cccc(C(C)N)c1)C(=O)N(C)C. The summed E-state index contributed by atoms with van der Waals surface area (Å²) in [5.41, 5.74) is 6.93. The zero-order valence-electron chi connectivity index (χ0n) is 10.8. The second kappa shape index (κ2) is 6.07. The summed E-state index contributed by atoms with van der Waals surface area (Å²) >= 11 is 1.56. The van der Waals surface area contributed by atoms with Gasteiger partial charge in [-0.2, -0.15) is 0 Å².